The fourth-order valence-corrected chi connectivity index (χ4v) is 4.30. The molecular formula is C21H22N6O2. The molecule has 0 saturated carbocycles. The fourth-order valence-electron chi connectivity index (χ4n) is 4.30. The summed E-state index contributed by atoms with van der Waals surface area (Å²) in [4.78, 5) is 30.4. The van der Waals surface area contributed by atoms with Gasteiger partial charge in [0.05, 0.1) is 17.2 Å². The summed E-state index contributed by atoms with van der Waals surface area (Å²) in [6, 6.07) is 11.7. The number of amides is 1. The Morgan fingerprint density at radius 2 is 1.83 bits per heavy atom. The van der Waals surface area contributed by atoms with Crippen molar-refractivity contribution < 1.29 is 4.79 Å². The highest BCUT2D eigenvalue weighted by molar-refractivity contribution is 5.97. The molecule has 0 spiro atoms. The molecule has 1 N–H and O–H groups in total. The Kier molecular flexibility index (Phi) is 4.12. The lowest BCUT2D eigenvalue weighted by Gasteiger charge is -2.32. The number of benzene rings is 1. The second-order valence-corrected chi connectivity index (χ2v) is 7.44. The van der Waals surface area contributed by atoms with Gasteiger partial charge in [0.25, 0.3) is 5.91 Å². The zero-order valence-corrected chi connectivity index (χ0v) is 16.2. The van der Waals surface area contributed by atoms with Crippen LogP contribution in [-0.4, -0.2) is 47.8 Å². The van der Waals surface area contributed by atoms with E-state index in [0.29, 0.717) is 18.7 Å². The van der Waals surface area contributed by atoms with Crippen LogP contribution in [0.15, 0.2) is 59.8 Å². The van der Waals surface area contributed by atoms with E-state index in [1.165, 1.54) is 0 Å². The fraction of sp³-hybridized carbons (Fsp3) is 0.286. The first-order valence-electron chi connectivity index (χ1n) is 9.77. The van der Waals surface area contributed by atoms with Crippen LogP contribution in [0.5, 0.6) is 0 Å². The van der Waals surface area contributed by atoms with Gasteiger partial charge in [-0.15, -0.1) is 0 Å². The lowest BCUT2D eigenvalue weighted by atomic mass is 10.0. The summed E-state index contributed by atoms with van der Waals surface area (Å²) < 4.78 is 5.45. The van der Waals surface area contributed by atoms with Gasteiger partial charge in [-0.05, 0) is 37.1 Å². The molecule has 1 fully saturated rings. The third-order valence-electron chi connectivity index (χ3n) is 5.73. The van der Waals surface area contributed by atoms with E-state index >= 15 is 0 Å². The van der Waals surface area contributed by atoms with E-state index in [0.717, 1.165) is 29.7 Å². The van der Waals surface area contributed by atoms with E-state index in [9.17, 15) is 9.59 Å². The first-order valence-corrected chi connectivity index (χ1v) is 9.77. The number of imidazole rings is 1. The van der Waals surface area contributed by atoms with Gasteiger partial charge in [0.2, 0.25) is 0 Å². The molecule has 4 aromatic rings. The highest BCUT2D eigenvalue weighted by atomic mass is 16.2. The number of hydrogen-bond acceptors (Lipinski definition) is 3. The minimum absolute atomic E-state index is 0.0217. The molecule has 8 nitrogen and oxygen atoms in total. The molecule has 0 unspecified atom stereocenters. The molecule has 0 aliphatic carbocycles. The van der Waals surface area contributed by atoms with Crippen LogP contribution in [0, 0.1) is 0 Å². The van der Waals surface area contributed by atoms with Gasteiger partial charge in [0, 0.05) is 38.6 Å². The number of fused-ring (bicyclic) bond motifs is 1. The molecule has 8 heteroatoms. The van der Waals surface area contributed by atoms with E-state index < -0.39 is 0 Å². The molecule has 1 aliphatic rings. The molecule has 5 rings (SSSR count). The van der Waals surface area contributed by atoms with Gasteiger partial charge in [-0.3, -0.25) is 14.0 Å². The van der Waals surface area contributed by atoms with Crippen molar-refractivity contribution in [2.45, 2.75) is 18.9 Å². The maximum Gasteiger partial charge on any atom is 0.326 e. The number of nitrogens with one attached hydrogen (secondary N) is 1. The zero-order valence-electron chi connectivity index (χ0n) is 16.2. The minimum atomic E-state index is -0.0851. The van der Waals surface area contributed by atoms with E-state index in [4.69, 9.17) is 0 Å². The van der Waals surface area contributed by atoms with Crippen LogP contribution in [0.2, 0.25) is 0 Å². The smallest absolute Gasteiger partial charge is 0.326 e. The minimum Gasteiger partial charge on any atom is -0.338 e. The lowest BCUT2D eigenvalue weighted by Crippen LogP contribution is -2.40. The average Bonchev–Trinajstić information content (AvgIpc) is 3.45. The Balaban J connectivity index is 1.37. The number of nitrogens with zero attached hydrogens (tertiary/aromatic N) is 5. The summed E-state index contributed by atoms with van der Waals surface area (Å²) in [7, 11) is 1.84. The number of para-hydroxylation sites is 2. The molecule has 29 heavy (non-hydrogen) atoms. The van der Waals surface area contributed by atoms with Crippen LogP contribution in [0.1, 0.15) is 29.2 Å². The lowest BCUT2D eigenvalue weighted by molar-refractivity contribution is 0.0695. The number of carbonyl (C=O) groups excluding carboxylic acids is 1. The predicted molar refractivity (Wildman–Crippen MR) is 109 cm³/mol. The number of likely N-dealkylation sites (tertiary alicyclic amines) is 1. The molecule has 1 saturated heterocycles. The van der Waals surface area contributed by atoms with Crippen molar-refractivity contribution in [3.05, 3.63) is 71.0 Å². The highest BCUT2D eigenvalue weighted by Gasteiger charge is 2.29. The van der Waals surface area contributed by atoms with Gasteiger partial charge in [0.15, 0.2) is 0 Å². The van der Waals surface area contributed by atoms with Gasteiger partial charge in [0.1, 0.15) is 11.4 Å². The first-order chi connectivity index (χ1) is 14.1. The van der Waals surface area contributed by atoms with Crippen molar-refractivity contribution >= 4 is 16.9 Å². The SMILES string of the molecule is Cn1ncc(C(=O)N2CCC(n3c(=O)[nH]c4ccccc43)CC2)c1-n1cccc1. The average molecular weight is 390 g/mol. The van der Waals surface area contributed by atoms with Crippen molar-refractivity contribution in [1.82, 2.24) is 28.8 Å². The first kappa shape index (κ1) is 17.5. The van der Waals surface area contributed by atoms with Crippen LogP contribution in [0.4, 0.5) is 0 Å². The van der Waals surface area contributed by atoms with Gasteiger partial charge in [-0.2, -0.15) is 5.10 Å². The zero-order chi connectivity index (χ0) is 20.0. The number of H-pyrrole nitrogens is 1. The van der Waals surface area contributed by atoms with E-state index in [1.54, 1.807) is 10.9 Å². The summed E-state index contributed by atoms with van der Waals surface area (Å²) in [6.07, 6.45) is 6.93. The van der Waals surface area contributed by atoms with Crippen molar-refractivity contribution in [1.29, 1.82) is 0 Å². The Morgan fingerprint density at radius 3 is 2.59 bits per heavy atom. The molecular weight excluding hydrogens is 368 g/mol. The molecule has 0 bridgehead atoms. The summed E-state index contributed by atoms with van der Waals surface area (Å²) in [6.45, 7) is 1.21. The Labute approximate surface area is 167 Å². The van der Waals surface area contributed by atoms with Gasteiger partial charge < -0.3 is 14.5 Å². The third kappa shape index (κ3) is 2.88. The molecule has 0 radical (unpaired) electrons. The molecule has 0 atom stereocenters. The number of hydrogen-bond donors (Lipinski definition) is 1. The van der Waals surface area contributed by atoms with E-state index in [-0.39, 0.29) is 17.6 Å². The molecule has 1 amide bonds. The maximum absolute atomic E-state index is 13.2. The summed E-state index contributed by atoms with van der Waals surface area (Å²) in [5.41, 5.74) is 2.27. The third-order valence-corrected chi connectivity index (χ3v) is 5.73. The number of aromatic amines is 1. The van der Waals surface area contributed by atoms with Crippen LogP contribution in [-0.2, 0) is 7.05 Å². The standard InChI is InChI=1S/C21H22N6O2/c1-24-19(25-10-4-5-11-25)16(14-22-24)20(28)26-12-8-15(9-13-26)27-18-7-3-2-6-17(18)23-21(27)29/h2-7,10-11,14-15H,8-9,12-13H2,1H3,(H,23,29). The molecule has 1 aromatic carbocycles. The predicted octanol–water partition coefficient (Wildman–Crippen LogP) is 2.33. The molecule has 4 heterocycles. The van der Waals surface area contributed by atoms with Crippen molar-refractivity contribution in [2.24, 2.45) is 7.05 Å². The number of piperidine rings is 1. The highest BCUT2D eigenvalue weighted by Crippen LogP contribution is 2.26. The largest absolute Gasteiger partial charge is 0.338 e. The van der Waals surface area contributed by atoms with Crippen molar-refractivity contribution in [3.8, 4) is 5.82 Å². The van der Waals surface area contributed by atoms with Crippen LogP contribution in [0.25, 0.3) is 16.9 Å². The van der Waals surface area contributed by atoms with Gasteiger partial charge in [-0.1, -0.05) is 12.1 Å². The van der Waals surface area contributed by atoms with Crippen LogP contribution < -0.4 is 5.69 Å². The molecule has 148 valence electrons. The van der Waals surface area contributed by atoms with Crippen LogP contribution in [0.3, 0.4) is 0 Å². The normalized spacial score (nSPS) is 15.3. The summed E-state index contributed by atoms with van der Waals surface area (Å²) >= 11 is 0. The maximum atomic E-state index is 13.2. The quantitative estimate of drug-likeness (QED) is 0.583. The topological polar surface area (TPSA) is 80.8 Å². The summed E-state index contributed by atoms with van der Waals surface area (Å²) in [5, 5.41) is 4.29. The number of aromatic nitrogens is 5. The molecule has 1 aliphatic heterocycles. The summed E-state index contributed by atoms with van der Waals surface area (Å²) in [5.74, 6) is 0.737. The van der Waals surface area contributed by atoms with Crippen LogP contribution >= 0.6 is 0 Å². The Hall–Kier alpha value is -3.55. The van der Waals surface area contributed by atoms with Crippen molar-refractivity contribution in [2.75, 3.05) is 13.1 Å². The van der Waals surface area contributed by atoms with Gasteiger partial charge >= 0.3 is 5.69 Å². The second kappa shape index (κ2) is 6.80. The van der Waals surface area contributed by atoms with E-state index in [1.807, 2.05) is 69.9 Å². The molecule has 3 aromatic heterocycles. The Morgan fingerprint density at radius 1 is 1.10 bits per heavy atom. The number of carbonyl (C=O) groups is 1. The second-order valence-electron chi connectivity index (χ2n) is 7.44. The van der Waals surface area contributed by atoms with Gasteiger partial charge in [-0.25, -0.2) is 4.79 Å². The monoisotopic (exact) mass is 390 g/mol. The van der Waals surface area contributed by atoms with E-state index in [2.05, 4.69) is 10.1 Å². The number of rotatable bonds is 3. The Bertz CT molecular complexity index is 1220. The van der Waals surface area contributed by atoms with Crippen molar-refractivity contribution in [3.63, 3.8) is 0 Å². The number of aryl methyl sites for hydroxylation is 1.